The molecule has 0 heterocycles. The van der Waals surface area contributed by atoms with Crippen molar-refractivity contribution in [2.75, 3.05) is 7.11 Å². The fraction of sp³-hybridized carbons (Fsp3) is 0.467. The molecular weight excluding hydrogens is 253 g/mol. The lowest BCUT2D eigenvalue weighted by molar-refractivity contribution is -0.0807. The van der Waals surface area contributed by atoms with Gasteiger partial charge in [-0.05, 0) is 37.0 Å². The average molecular weight is 272 g/mol. The second kappa shape index (κ2) is 7.22. The molecule has 0 saturated carbocycles. The maximum atomic E-state index is 12.5. The molecule has 0 aliphatic rings. The largest absolute Gasteiger partial charge is 0.497 e. The summed E-state index contributed by atoms with van der Waals surface area (Å²) in [5, 5.41) is 0. The van der Waals surface area contributed by atoms with Gasteiger partial charge >= 0.3 is 6.18 Å². The minimum atomic E-state index is -4.24. The van der Waals surface area contributed by atoms with Gasteiger partial charge in [-0.25, -0.2) is 0 Å². The first-order valence-electron chi connectivity index (χ1n) is 6.35. The van der Waals surface area contributed by atoms with Crippen molar-refractivity contribution in [3.8, 4) is 5.75 Å². The molecule has 1 aromatic rings. The van der Waals surface area contributed by atoms with Crippen molar-refractivity contribution >= 4 is 0 Å². The topological polar surface area (TPSA) is 9.23 Å². The van der Waals surface area contributed by atoms with Crippen molar-refractivity contribution in [1.82, 2.24) is 0 Å². The molecule has 1 nitrogen and oxygen atoms in total. The van der Waals surface area contributed by atoms with E-state index in [4.69, 9.17) is 4.74 Å². The molecule has 0 fully saturated rings. The zero-order chi connectivity index (χ0) is 14.3. The fourth-order valence-corrected chi connectivity index (χ4v) is 1.85. The number of halogens is 3. The molecule has 0 saturated heterocycles. The van der Waals surface area contributed by atoms with E-state index in [1.165, 1.54) is 0 Å². The van der Waals surface area contributed by atoms with Gasteiger partial charge in [0.25, 0.3) is 0 Å². The summed E-state index contributed by atoms with van der Waals surface area (Å²) in [7, 11) is 1.56. The Morgan fingerprint density at radius 3 is 2.32 bits per heavy atom. The van der Waals surface area contributed by atoms with E-state index in [0.29, 0.717) is 30.2 Å². The minimum absolute atomic E-state index is 0.337. The summed E-state index contributed by atoms with van der Waals surface area (Å²) in [5.41, 5.74) is 1.30. The van der Waals surface area contributed by atoms with Crippen molar-refractivity contribution in [2.24, 2.45) is 0 Å². The molecular formula is C15H19F3O. The lowest BCUT2D eigenvalue weighted by Crippen LogP contribution is -2.05. The van der Waals surface area contributed by atoms with Crippen LogP contribution in [-0.4, -0.2) is 13.3 Å². The molecule has 0 spiro atoms. The molecule has 0 bridgehead atoms. The Hall–Kier alpha value is -1.45. The highest BCUT2D eigenvalue weighted by Crippen LogP contribution is 2.24. The van der Waals surface area contributed by atoms with Crippen LogP contribution in [0.2, 0.25) is 0 Å². The van der Waals surface area contributed by atoms with Crippen molar-refractivity contribution in [3.05, 3.63) is 41.5 Å². The summed E-state index contributed by atoms with van der Waals surface area (Å²) in [6.07, 6.45) is -1.32. The van der Waals surface area contributed by atoms with Gasteiger partial charge in [0.15, 0.2) is 0 Å². The standard InChI is InChI=1S/C15H19F3O/c1-3-4-5-13(11-15(16,17)18)10-12-6-8-14(19-2)9-7-12/h6-9,11H,3-5,10H2,1-2H3/b13-11-. The van der Waals surface area contributed by atoms with Crippen molar-refractivity contribution in [1.29, 1.82) is 0 Å². The summed E-state index contributed by atoms with van der Waals surface area (Å²) in [4.78, 5) is 0. The van der Waals surface area contributed by atoms with E-state index in [1.807, 2.05) is 6.92 Å². The van der Waals surface area contributed by atoms with Gasteiger partial charge in [-0.2, -0.15) is 13.2 Å². The van der Waals surface area contributed by atoms with Gasteiger partial charge in [0.05, 0.1) is 7.11 Å². The van der Waals surface area contributed by atoms with Crippen LogP contribution >= 0.6 is 0 Å². The lowest BCUT2D eigenvalue weighted by atomic mass is 10.00. The minimum Gasteiger partial charge on any atom is -0.497 e. The number of rotatable bonds is 6. The Morgan fingerprint density at radius 2 is 1.84 bits per heavy atom. The van der Waals surface area contributed by atoms with E-state index in [-0.39, 0.29) is 0 Å². The lowest BCUT2D eigenvalue weighted by Gasteiger charge is -2.10. The number of benzene rings is 1. The number of allylic oxidation sites excluding steroid dienone is 2. The zero-order valence-corrected chi connectivity index (χ0v) is 11.3. The molecule has 0 unspecified atom stereocenters. The molecule has 19 heavy (non-hydrogen) atoms. The normalized spacial score (nSPS) is 12.6. The van der Waals surface area contributed by atoms with Crippen LogP contribution in [0.1, 0.15) is 31.7 Å². The summed E-state index contributed by atoms with van der Waals surface area (Å²) < 4.78 is 42.4. The maximum absolute atomic E-state index is 12.5. The first kappa shape index (κ1) is 15.6. The second-order valence-electron chi connectivity index (χ2n) is 4.47. The molecule has 0 N–H and O–H groups in total. The molecule has 4 heteroatoms. The van der Waals surface area contributed by atoms with Crippen LogP contribution < -0.4 is 4.74 Å². The van der Waals surface area contributed by atoms with Crippen molar-refractivity contribution in [2.45, 2.75) is 38.8 Å². The third-order valence-corrected chi connectivity index (χ3v) is 2.81. The third-order valence-electron chi connectivity index (χ3n) is 2.81. The van der Waals surface area contributed by atoms with Crippen molar-refractivity contribution < 1.29 is 17.9 Å². The van der Waals surface area contributed by atoms with Crippen LogP contribution in [0.3, 0.4) is 0 Å². The monoisotopic (exact) mass is 272 g/mol. The number of unbranched alkanes of at least 4 members (excludes halogenated alkanes) is 1. The smallest absolute Gasteiger partial charge is 0.409 e. The Kier molecular flexibility index (Phi) is 5.93. The molecule has 0 atom stereocenters. The SMILES string of the molecule is CCCC/C(=C/C(F)(F)F)Cc1ccc(OC)cc1. The van der Waals surface area contributed by atoms with Gasteiger partial charge in [0.2, 0.25) is 0 Å². The molecule has 0 radical (unpaired) electrons. The Labute approximate surface area is 112 Å². The average Bonchev–Trinajstić information content (AvgIpc) is 2.35. The van der Waals surface area contributed by atoms with Gasteiger partial charge in [0, 0.05) is 6.08 Å². The highest BCUT2D eigenvalue weighted by molar-refractivity contribution is 5.30. The van der Waals surface area contributed by atoms with E-state index in [1.54, 1.807) is 31.4 Å². The molecule has 0 amide bonds. The van der Waals surface area contributed by atoms with Gasteiger partial charge < -0.3 is 4.74 Å². The molecule has 0 aromatic heterocycles. The van der Waals surface area contributed by atoms with E-state index < -0.39 is 6.18 Å². The second-order valence-corrected chi connectivity index (χ2v) is 4.47. The van der Waals surface area contributed by atoms with Crippen LogP contribution in [0.15, 0.2) is 35.9 Å². The first-order valence-corrected chi connectivity index (χ1v) is 6.35. The van der Waals surface area contributed by atoms with Crippen LogP contribution in [-0.2, 0) is 6.42 Å². The number of hydrogen-bond acceptors (Lipinski definition) is 1. The van der Waals surface area contributed by atoms with E-state index in [0.717, 1.165) is 18.4 Å². The molecule has 106 valence electrons. The quantitative estimate of drug-likeness (QED) is 0.668. The summed E-state index contributed by atoms with van der Waals surface area (Å²) >= 11 is 0. The first-order chi connectivity index (χ1) is 8.94. The molecule has 0 aliphatic carbocycles. The number of hydrogen-bond donors (Lipinski definition) is 0. The highest BCUT2D eigenvalue weighted by Gasteiger charge is 2.24. The van der Waals surface area contributed by atoms with Crippen LogP contribution in [0, 0.1) is 0 Å². The molecule has 0 aliphatic heterocycles. The van der Waals surface area contributed by atoms with E-state index in [2.05, 4.69) is 0 Å². The van der Waals surface area contributed by atoms with E-state index in [9.17, 15) is 13.2 Å². The summed E-state index contributed by atoms with van der Waals surface area (Å²) in [6, 6.07) is 7.13. The number of methoxy groups -OCH3 is 1. The maximum Gasteiger partial charge on any atom is 0.409 e. The predicted octanol–water partition coefficient (Wildman–Crippen LogP) is 4.92. The molecule has 1 rings (SSSR count). The summed E-state index contributed by atoms with van der Waals surface area (Å²) in [5.74, 6) is 0.707. The number of alkyl halides is 3. The van der Waals surface area contributed by atoms with Gasteiger partial charge in [-0.3, -0.25) is 0 Å². The highest BCUT2D eigenvalue weighted by atomic mass is 19.4. The zero-order valence-electron chi connectivity index (χ0n) is 11.3. The predicted molar refractivity (Wildman–Crippen MR) is 70.4 cm³/mol. The van der Waals surface area contributed by atoms with E-state index >= 15 is 0 Å². The van der Waals surface area contributed by atoms with Gasteiger partial charge in [-0.1, -0.05) is 31.1 Å². The van der Waals surface area contributed by atoms with Gasteiger partial charge in [-0.15, -0.1) is 0 Å². The Bertz CT molecular complexity index is 404. The summed E-state index contributed by atoms with van der Waals surface area (Å²) in [6.45, 7) is 1.97. The Morgan fingerprint density at radius 1 is 1.21 bits per heavy atom. The number of ether oxygens (including phenoxy) is 1. The van der Waals surface area contributed by atoms with Crippen LogP contribution in [0.25, 0.3) is 0 Å². The third kappa shape index (κ3) is 6.32. The van der Waals surface area contributed by atoms with Crippen LogP contribution in [0.5, 0.6) is 5.75 Å². The van der Waals surface area contributed by atoms with Gasteiger partial charge in [0.1, 0.15) is 5.75 Å². The van der Waals surface area contributed by atoms with Crippen molar-refractivity contribution in [3.63, 3.8) is 0 Å². The molecule has 1 aromatic carbocycles. The van der Waals surface area contributed by atoms with Crippen LogP contribution in [0.4, 0.5) is 13.2 Å². The Balaban J connectivity index is 2.78. The fourth-order valence-electron chi connectivity index (χ4n) is 1.85.